The Morgan fingerprint density at radius 2 is 1.44 bits per heavy atom. The lowest BCUT2D eigenvalue weighted by atomic mass is 10.1. The van der Waals surface area contributed by atoms with Crippen LogP contribution in [0.4, 0.5) is 5.69 Å². The summed E-state index contributed by atoms with van der Waals surface area (Å²) < 4.78 is 22.5. The zero-order valence-electron chi connectivity index (χ0n) is 14.3. The van der Waals surface area contributed by atoms with E-state index in [0.29, 0.717) is 22.4 Å². The van der Waals surface area contributed by atoms with Crippen molar-refractivity contribution in [2.24, 2.45) is 0 Å². The molecule has 6 nitrogen and oxygen atoms in total. The summed E-state index contributed by atoms with van der Waals surface area (Å²) in [7, 11) is 0.236. The van der Waals surface area contributed by atoms with Crippen LogP contribution < -0.4 is 5.32 Å². The van der Waals surface area contributed by atoms with E-state index in [1.165, 1.54) is 11.2 Å². The molecule has 132 valence electrons. The normalized spacial score (nSPS) is 11.0. The highest BCUT2D eigenvalue weighted by Gasteiger charge is 2.10. The van der Waals surface area contributed by atoms with Gasteiger partial charge in [-0.05, 0) is 42.0 Å². The largest absolute Gasteiger partial charge is 0.345 e. The van der Waals surface area contributed by atoms with Crippen LogP contribution in [0.5, 0.6) is 0 Å². The standard InChI is InChI=1S/C18H20N2O4S/c1-20(2)18(22)15-8-10-16(11-9-15)19-17(21)14-6-4-13(5-7-14)12-25(3,23)24/h4-11H,12H2,1-3H3,(H,19,21). The van der Waals surface area contributed by atoms with Crippen LogP contribution in [0.3, 0.4) is 0 Å². The van der Waals surface area contributed by atoms with Crippen LogP contribution in [-0.2, 0) is 15.6 Å². The molecule has 0 saturated heterocycles. The highest BCUT2D eigenvalue weighted by Crippen LogP contribution is 2.14. The maximum Gasteiger partial charge on any atom is 0.255 e. The molecule has 0 aromatic heterocycles. The van der Waals surface area contributed by atoms with Crippen LogP contribution in [0.15, 0.2) is 48.5 Å². The summed E-state index contributed by atoms with van der Waals surface area (Å²) in [5, 5.41) is 2.74. The number of anilines is 1. The molecule has 2 aromatic rings. The van der Waals surface area contributed by atoms with E-state index in [4.69, 9.17) is 0 Å². The number of nitrogens with zero attached hydrogens (tertiary/aromatic N) is 1. The van der Waals surface area contributed by atoms with E-state index in [9.17, 15) is 18.0 Å². The van der Waals surface area contributed by atoms with Crippen LogP contribution in [0.25, 0.3) is 0 Å². The third kappa shape index (κ3) is 5.42. The Morgan fingerprint density at radius 3 is 1.92 bits per heavy atom. The number of rotatable bonds is 5. The van der Waals surface area contributed by atoms with Gasteiger partial charge in [-0.2, -0.15) is 0 Å². The zero-order chi connectivity index (χ0) is 18.6. The quantitative estimate of drug-likeness (QED) is 0.886. The van der Waals surface area contributed by atoms with Crippen molar-refractivity contribution in [3.05, 3.63) is 65.2 Å². The van der Waals surface area contributed by atoms with Gasteiger partial charge in [-0.15, -0.1) is 0 Å². The average Bonchev–Trinajstić information content (AvgIpc) is 2.54. The van der Waals surface area contributed by atoms with E-state index in [1.807, 2.05) is 0 Å². The maximum atomic E-state index is 12.2. The third-order valence-corrected chi connectivity index (χ3v) is 4.30. The highest BCUT2D eigenvalue weighted by atomic mass is 32.2. The van der Waals surface area contributed by atoms with Gasteiger partial charge in [0.15, 0.2) is 9.84 Å². The van der Waals surface area contributed by atoms with Gasteiger partial charge < -0.3 is 10.2 Å². The molecule has 0 unspecified atom stereocenters. The Bertz CT molecular complexity index is 870. The summed E-state index contributed by atoms with van der Waals surface area (Å²) in [6.07, 6.45) is 1.17. The molecule has 2 amide bonds. The maximum absolute atomic E-state index is 12.2. The van der Waals surface area contributed by atoms with Crippen LogP contribution >= 0.6 is 0 Å². The predicted octanol–water partition coefficient (Wildman–Crippen LogP) is 2.19. The van der Waals surface area contributed by atoms with E-state index in [0.717, 1.165) is 0 Å². The zero-order valence-corrected chi connectivity index (χ0v) is 15.1. The highest BCUT2D eigenvalue weighted by molar-refractivity contribution is 7.89. The number of hydrogen-bond donors (Lipinski definition) is 1. The molecular weight excluding hydrogens is 340 g/mol. The molecule has 0 bridgehead atoms. The lowest BCUT2D eigenvalue weighted by Gasteiger charge is -2.11. The van der Waals surface area contributed by atoms with Gasteiger partial charge in [-0.3, -0.25) is 9.59 Å². The van der Waals surface area contributed by atoms with Gasteiger partial charge in [0, 0.05) is 37.2 Å². The number of sulfone groups is 1. The monoisotopic (exact) mass is 360 g/mol. The summed E-state index contributed by atoms with van der Waals surface area (Å²) in [4.78, 5) is 25.5. The molecule has 0 heterocycles. The van der Waals surface area contributed by atoms with Crippen molar-refractivity contribution in [2.75, 3.05) is 25.7 Å². The second-order valence-electron chi connectivity index (χ2n) is 6.00. The number of hydrogen-bond acceptors (Lipinski definition) is 4. The average molecular weight is 360 g/mol. The van der Waals surface area contributed by atoms with Crippen LogP contribution in [0.1, 0.15) is 26.3 Å². The second kappa shape index (κ2) is 7.48. The number of benzene rings is 2. The topological polar surface area (TPSA) is 83.6 Å². The Morgan fingerprint density at radius 1 is 0.920 bits per heavy atom. The molecule has 2 rings (SSSR count). The second-order valence-corrected chi connectivity index (χ2v) is 8.14. The first-order chi connectivity index (χ1) is 11.7. The number of amides is 2. The minimum atomic E-state index is -3.11. The van der Waals surface area contributed by atoms with Gasteiger partial charge in [0.05, 0.1) is 5.75 Å². The predicted molar refractivity (Wildman–Crippen MR) is 97.4 cm³/mol. The SMILES string of the molecule is CN(C)C(=O)c1ccc(NC(=O)c2ccc(CS(C)(=O)=O)cc2)cc1. The van der Waals surface area contributed by atoms with Crippen molar-refractivity contribution in [3.8, 4) is 0 Å². The van der Waals surface area contributed by atoms with E-state index >= 15 is 0 Å². The Kier molecular flexibility index (Phi) is 5.58. The molecule has 0 fully saturated rings. The van der Waals surface area contributed by atoms with Crippen molar-refractivity contribution in [1.29, 1.82) is 0 Å². The summed E-state index contributed by atoms with van der Waals surface area (Å²) in [5.74, 6) is -0.479. The first-order valence-electron chi connectivity index (χ1n) is 7.55. The first kappa shape index (κ1) is 18.7. The lowest BCUT2D eigenvalue weighted by molar-refractivity contribution is 0.0827. The minimum absolute atomic E-state index is 0.0593. The van der Waals surface area contributed by atoms with Crippen molar-refractivity contribution in [2.45, 2.75) is 5.75 Å². The minimum Gasteiger partial charge on any atom is -0.345 e. The first-order valence-corrected chi connectivity index (χ1v) is 9.61. The summed E-state index contributed by atoms with van der Waals surface area (Å²) >= 11 is 0. The lowest BCUT2D eigenvalue weighted by Crippen LogP contribution is -2.21. The van der Waals surface area contributed by atoms with Crippen molar-refractivity contribution in [3.63, 3.8) is 0 Å². The van der Waals surface area contributed by atoms with E-state index < -0.39 is 9.84 Å². The molecular formula is C18H20N2O4S. The van der Waals surface area contributed by atoms with Crippen molar-refractivity contribution >= 4 is 27.3 Å². The Balaban J connectivity index is 2.05. The van der Waals surface area contributed by atoms with Gasteiger partial charge in [0.2, 0.25) is 0 Å². The molecule has 7 heteroatoms. The smallest absolute Gasteiger partial charge is 0.255 e. The third-order valence-electron chi connectivity index (χ3n) is 3.44. The fourth-order valence-electron chi connectivity index (χ4n) is 2.21. The Labute approximate surface area is 147 Å². The van der Waals surface area contributed by atoms with E-state index in [1.54, 1.807) is 62.6 Å². The molecule has 0 radical (unpaired) electrons. The number of carbonyl (C=O) groups is 2. The van der Waals surface area contributed by atoms with Crippen molar-refractivity contribution < 1.29 is 18.0 Å². The van der Waals surface area contributed by atoms with Crippen LogP contribution in [-0.4, -0.2) is 45.5 Å². The molecule has 0 atom stereocenters. The summed E-state index contributed by atoms with van der Waals surface area (Å²) in [5.41, 5.74) is 2.16. The van der Waals surface area contributed by atoms with Gasteiger partial charge in [0.1, 0.15) is 0 Å². The van der Waals surface area contributed by atoms with Gasteiger partial charge >= 0.3 is 0 Å². The van der Waals surface area contributed by atoms with Crippen LogP contribution in [0.2, 0.25) is 0 Å². The van der Waals surface area contributed by atoms with Crippen molar-refractivity contribution in [1.82, 2.24) is 4.90 Å². The summed E-state index contributed by atoms with van der Waals surface area (Å²) in [6.45, 7) is 0. The fourth-order valence-corrected chi connectivity index (χ4v) is 3.01. The molecule has 0 aliphatic carbocycles. The van der Waals surface area contributed by atoms with E-state index in [-0.39, 0.29) is 17.6 Å². The van der Waals surface area contributed by atoms with E-state index in [2.05, 4.69) is 5.32 Å². The van der Waals surface area contributed by atoms with Gasteiger partial charge in [-0.1, -0.05) is 12.1 Å². The fraction of sp³-hybridized carbons (Fsp3) is 0.222. The molecule has 0 aliphatic rings. The molecule has 2 aromatic carbocycles. The van der Waals surface area contributed by atoms with Crippen LogP contribution in [0, 0.1) is 0 Å². The van der Waals surface area contributed by atoms with Gasteiger partial charge in [0.25, 0.3) is 11.8 Å². The number of nitrogens with one attached hydrogen (secondary N) is 1. The number of carbonyl (C=O) groups excluding carboxylic acids is 2. The van der Waals surface area contributed by atoms with Gasteiger partial charge in [-0.25, -0.2) is 8.42 Å². The molecule has 0 spiro atoms. The molecule has 0 aliphatic heterocycles. The molecule has 0 saturated carbocycles. The summed E-state index contributed by atoms with van der Waals surface area (Å²) in [6, 6.07) is 13.0. The molecule has 1 N–H and O–H groups in total. The Hall–Kier alpha value is -2.67. The molecule has 25 heavy (non-hydrogen) atoms.